The first-order valence-electron chi connectivity index (χ1n) is 14.9. The highest BCUT2D eigenvalue weighted by Gasteiger charge is 2.34. The van der Waals surface area contributed by atoms with E-state index in [1.54, 1.807) is 49.6 Å². The van der Waals surface area contributed by atoms with Crippen molar-refractivity contribution in [3.05, 3.63) is 125 Å². The number of ether oxygens (including phenoxy) is 1. The number of methoxy groups -OCH3 is 1. The summed E-state index contributed by atoms with van der Waals surface area (Å²) in [5.74, 6) is -0.229. The maximum atomic E-state index is 14.5. The van der Waals surface area contributed by atoms with Crippen molar-refractivity contribution in [1.29, 1.82) is 0 Å². The summed E-state index contributed by atoms with van der Waals surface area (Å²) >= 11 is 0. The molecular weight excluding hydrogens is 586 g/mol. The number of aryl methyl sites for hydroxylation is 3. The van der Waals surface area contributed by atoms with Crippen LogP contribution in [0, 0.1) is 20.8 Å². The van der Waals surface area contributed by atoms with E-state index in [4.69, 9.17) is 4.74 Å². The molecular formula is C36H41N3O5S. The van der Waals surface area contributed by atoms with E-state index in [-0.39, 0.29) is 23.8 Å². The minimum Gasteiger partial charge on any atom is -0.497 e. The van der Waals surface area contributed by atoms with Gasteiger partial charge in [0.1, 0.15) is 18.3 Å². The van der Waals surface area contributed by atoms with Gasteiger partial charge in [0.05, 0.1) is 17.7 Å². The number of nitrogens with one attached hydrogen (secondary N) is 1. The Morgan fingerprint density at radius 3 is 2.07 bits per heavy atom. The van der Waals surface area contributed by atoms with Gasteiger partial charge in [-0.15, -0.1) is 0 Å². The van der Waals surface area contributed by atoms with Crippen molar-refractivity contribution >= 4 is 27.5 Å². The Morgan fingerprint density at radius 2 is 1.44 bits per heavy atom. The van der Waals surface area contributed by atoms with Crippen LogP contribution in [0.1, 0.15) is 34.7 Å². The molecule has 0 aliphatic carbocycles. The lowest BCUT2D eigenvalue weighted by Crippen LogP contribution is -2.53. The number of hydrogen-bond donors (Lipinski definition) is 1. The smallest absolute Gasteiger partial charge is 0.264 e. The number of rotatable bonds is 13. The molecule has 1 atom stereocenters. The number of amides is 2. The molecule has 8 nitrogen and oxygen atoms in total. The van der Waals surface area contributed by atoms with Crippen molar-refractivity contribution in [2.45, 2.75) is 51.6 Å². The molecule has 0 unspecified atom stereocenters. The van der Waals surface area contributed by atoms with Gasteiger partial charge < -0.3 is 15.0 Å². The van der Waals surface area contributed by atoms with E-state index < -0.39 is 28.5 Å². The molecule has 0 radical (unpaired) electrons. The predicted octanol–water partition coefficient (Wildman–Crippen LogP) is 5.59. The summed E-state index contributed by atoms with van der Waals surface area (Å²) in [5.41, 5.74) is 4.62. The summed E-state index contributed by atoms with van der Waals surface area (Å²) in [6, 6.07) is 27.9. The normalized spacial score (nSPS) is 11.8. The van der Waals surface area contributed by atoms with Gasteiger partial charge in [0.25, 0.3) is 10.0 Å². The van der Waals surface area contributed by atoms with Gasteiger partial charge in [0, 0.05) is 19.5 Å². The van der Waals surface area contributed by atoms with E-state index in [2.05, 4.69) is 5.32 Å². The molecule has 0 aromatic heterocycles. The molecule has 1 N–H and O–H groups in total. The van der Waals surface area contributed by atoms with Crippen molar-refractivity contribution in [2.75, 3.05) is 24.5 Å². The second-order valence-electron chi connectivity index (χ2n) is 11.1. The Hall–Kier alpha value is -4.63. The lowest BCUT2D eigenvalue weighted by Gasteiger charge is -2.34. The Labute approximate surface area is 266 Å². The van der Waals surface area contributed by atoms with Gasteiger partial charge in [0.15, 0.2) is 0 Å². The first-order chi connectivity index (χ1) is 21.5. The van der Waals surface area contributed by atoms with Crippen LogP contribution in [0.3, 0.4) is 0 Å². The molecule has 4 aromatic carbocycles. The van der Waals surface area contributed by atoms with Crippen LogP contribution in [0.15, 0.2) is 102 Å². The molecule has 0 aliphatic rings. The van der Waals surface area contributed by atoms with Gasteiger partial charge in [-0.3, -0.25) is 13.9 Å². The molecule has 236 valence electrons. The van der Waals surface area contributed by atoms with Crippen molar-refractivity contribution in [3.8, 4) is 5.75 Å². The van der Waals surface area contributed by atoms with Crippen molar-refractivity contribution < 1.29 is 22.7 Å². The van der Waals surface area contributed by atoms with Crippen molar-refractivity contribution in [3.63, 3.8) is 0 Å². The molecule has 4 aromatic rings. The fraction of sp³-hybridized carbons (Fsp3) is 0.278. The summed E-state index contributed by atoms with van der Waals surface area (Å²) < 4.78 is 35.0. The average molecular weight is 628 g/mol. The molecule has 45 heavy (non-hydrogen) atoms. The summed E-state index contributed by atoms with van der Waals surface area (Å²) in [4.78, 5) is 29.7. The number of carbonyl (C=O) groups is 2. The fourth-order valence-corrected chi connectivity index (χ4v) is 6.67. The predicted molar refractivity (Wildman–Crippen MR) is 178 cm³/mol. The third-order valence-electron chi connectivity index (χ3n) is 7.49. The van der Waals surface area contributed by atoms with Crippen molar-refractivity contribution in [1.82, 2.24) is 10.2 Å². The summed E-state index contributed by atoms with van der Waals surface area (Å²) in [5, 5.41) is 2.88. The average Bonchev–Trinajstić information content (AvgIpc) is 3.01. The first kappa shape index (κ1) is 33.3. The molecule has 0 bridgehead atoms. The second kappa shape index (κ2) is 14.9. The van der Waals surface area contributed by atoms with Crippen LogP contribution in [0.5, 0.6) is 5.75 Å². The number of hydrogen-bond acceptors (Lipinski definition) is 5. The van der Waals surface area contributed by atoms with Crippen LogP contribution in [0.4, 0.5) is 5.69 Å². The molecule has 0 aliphatic heterocycles. The monoisotopic (exact) mass is 627 g/mol. The number of sulfonamides is 1. The maximum absolute atomic E-state index is 14.5. The Kier molecular flexibility index (Phi) is 11.0. The maximum Gasteiger partial charge on any atom is 0.264 e. The van der Waals surface area contributed by atoms with Gasteiger partial charge in [-0.25, -0.2) is 8.42 Å². The highest BCUT2D eigenvalue weighted by Crippen LogP contribution is 2.27. The van der Waals surface area contributed by atoms with Gasteiger partial charge in [-0.2, -0.15) is 0 Å². The zero-order valence-corrected chi connectivity index (χ0v) is 27.3. The molecule has 4 rings (SSSR count). The van der Waals surface area contributed by atoms with Crippen LogP contribution in [0.2, 0.25) is 0 Å². The van der Waals surface area contributed by atoms with Gasteiger partial charge in [-0.05, 0) is 86.3 Å². The lowest BCUT2D eigenvalue weighted by atomic mass is 10.0. The molecule has 0 fully saturated rings. The highest BCUT2D eigenvalue weighted by molar-refractivity contribution is 7.92. The Balaban J connectivity index is 1.83. The quantitative estimate of drug-likeness (QED) is 0.209. The molecule has 0 spiro atoms. The summed E-state index contributed by atoms with van der Waals surface area (Å²) in [7, 11) is -2.60. The Morgan fingerprint density at radius 1 is 0.800 bits per heavy atom. The number of anilines is 1. The SMILES string of the molecule is CCNC(=O)[C@H](Cc1ccccc1)N(Cc1cccc(OC)c1)C(=O)CN(c1cc(C)cc(C)c1)S(=O)(=O)c1ccc(C)cc1. The highest BCUT2D eigenvalue weighted by atomic mass is 32.2. The summed E-state index contributed by atoms with van der Waals surface area (Å²) in [6.45, 7) is 7.41. The lowest BCUT2D eigenvalue weighted by molar-refractivity contribution is -0.140. The molecule has 0 saturated heterocycles. The van der Waals surface area contributed by atoms with Gasteiger partial charge in [-0.1, -0.05) is 66.2 Å². The van der Waals surface area contributed by atoms with Crippen LogP contribution >= 0.6 is 0 Å². The number of likely N-dealkylation sites (N-methyl/N-ethyl adjacent to an activating group) is 1. The van der Waals surface area contributed by atoms with E-state index in [9.17, 15) is 18.0 Å². The van der Waals surface area contributed by atoms with Crippen LogP contribution in [-0.2, 0) is 32.6 Å². The molecule has 9 heteroatoms. The van der Waals surface area contributed by atoms with Crippen LogP contribution in [0.25, 0.3) is 0 Å². The Bertz CT molecular complexity index is 1700. The van der Waals surface area contributed by atoms with E-state index in [1.165, 1.54) is 4.90 Å². The number of carbonyl (C=O) groups excluding carboxylic acids is 2. The fourth-order valence-electron chi connectivity index (χ4n) is 5.27. The third kappa shape index (κ3) is 8.51. The van der Waals surface area contributed by atoms with E-state index >= 15 is 0 Å². The zero-order valence-electron chi connectivity index (χ0n) is 26.5. The molecule has 2 amide bonds. The van der Waals surface area contributed by atoms with Crippen LogP contribution < -0.4 is 14.4 Å². The number of benzene rings is 4. The summed E-state index contributed by atoms with van der Waals surface area (Å²) in [6.07, 6.45) is 0.247. The van der Waals surface area contributed by atoms with E-state index in [0.29, 0.717) is 18.0 Å². The standard InChI is InChI=1S/C36H41N3O5S/c1-6-37-36(41)34(23-29-11-8-7-9-12-29)38(24-30-13-10-14-32(22-30)44-5)35(40)25-39(31-20-27(3)19-28(4)21-31)45(42,43)33-17-15-26(2)16-18-33/h7-22,34H,6,23-25H2,1-5H3,(H,37,41)/t34-/m0/s1. The topological polar surface area (TPSA) is 96.0 Å². The minimum atomic E-state index is -4.17. The van der Waals surface area contributed by atoms with Gasteiger partial charge in [0.2, 0.25) is 11.8 Å². The molecule has 0 saturated carbocycles. The third-order valence-corrected chi connectivity index (χ3v) is 9.28. The van der Waals surface area contributed by atoms with Crippen molar-refractivity contribution in [2.24, 2.45) is 0 Å². The first-order valence-corrected chi connectivity index (χ1v) is 16.4. The second-order valence-corrected chi connectivity index (χ2v) is 13.0. The number of nitrogens with zero attached hydrogens (tertiary/aromatic N) is 2. The molecule has 0 heterocycles. The zero-order chi connectivity index (χ0) is 32.6. The van der Waals surface area contributed by atoms with Crippen LogP contribution in [-0.4, -0.2) is 51.4 Å². The van der Waals surface area contributed by atoms with E-state index in [1.807, 2.05) is 82.3 Å². The minimum absolute atomic E-state index is 0.0654. The van der Waals surface area contributed by atoms with Gasteiger partial charge >= 0.3 is 0 Å². The largest absolute Gasteiger partial charge is 0.497 e. The van der Waals surface area contributed by atoms with E-state index in [0.717, 1.165) is 32.1 Å².